The van der Waals surface area contributed by atoms with Gasteiger partial charge in [0.15, 0.2) is 0 Å². The van der Waals surface area contributed by atoms with E-state index in [1.807, 2.05) is 19.9 Å². The van der Waals surface area contributed by atoms with Gasteiger partial charge in [0, 0.05) is 6.42 Å². The summed E-state index contributed by atoms with van der Waals surface area (Å²) >= 11 is 0. The van der Waals surface area contributed by atoms with E-state index in [9.17, 15) is 15.3 Å². The normalized spacial score (nSPS) is 37.4. The molecular weight excluding hydrogens is 396 g/mol. The monoisotopic (exact) mass is 442 g/mol. The molecule has 3 fully saturated rings. The fourth-order valence-corrected chi connectivity index (χ4v) is 6.81. The zero-order chi connectivity index (χ0) is 23.5. The van der Waals surface area contributed by atoms with Gasteiger partial charge < -0.3 is 15.3 Å². The Labute approximate surface area is 196 Å². The van der Waals surface area contributed by atoms with Gasteiger partial charge in [-0.15, -0.1) is 0 Å². The molecule has 0 amide bonds. The first-order chi connectivity index (χ1) is 15.0. The smallest absolute Gasteiger partial charge is 0.0811 e. The Kier molecular flexibility index (Phi) is 8.28. The summed E-state index contributed by atoms with van der Waals surface area (Å²) in [4.78, 5) is 0. The number of aliphatic hydroxyl groups is 3. The number of fused-ring (bicyclic) bond motifs is 1. The quantitative estimate of drug-likeness (QED) is 0.322. The van der Waals surface area contributed by atoms with Crippen molar-refractivity contribution >= 4 is 0 Å². The lowest BCUT2D eigenvalue weighted by molar-refractivity contribution is 0.0861. The molecule has 0 unspecified atom stereocenters. The van der Waals surface area contributed by atoms with Crippen LogP contribution in [-0.4, -0.2) is 33.1 Å². The molecule has 3 aliphatic rings. The molecule has 6 atom stereocenters. The van der Waals surface area contributed by atoms with Crippen LogP contribution >= 0.6 is 0 Å². The van der Waals surface area contributed by atoms with E-state index in [1.54, 1.807) is 5.57 Å². The molecule has 0 aromatic carbocycles. The molecule has 0 aliphatic heterocycles. The Morgan fingerprint density at radius 2 is 1.97 bits per heavy atom. The van der Waals surface area contributed by atoms with E-state index in [-0.39, 0.29) is 0 Å². The van der Waals surface area contributed by atoms with Crippen molar-refractivity contribution in [1.29, 1.82) is 0 Å². The number of hydrogen-bond donors (Lipinski definition) is 3. The third-order valence-corrected chi connectivity index (χ3v) is 8.54. The lowest BCUT2D eigenvalue weighted by Crippen LogP contribution is -2.36. The van der Waals surface area contributed by atoms with Gasteiger partial charge in [0.2, 0.25) is 0 Å². The van der Waals surface area contributed by atoms with Crippen molar-refractivity contribution in [2.45, 2.75) is 110 Å². The number of aliphatic hydroxyl groups excluding tert-OH is 2. The highest BCUT2D eigenvalue weighted by Gasteiger charge is 2.50. The predicted octanol–water partition coefficient (Wildman–Crippen LogP) is 6.26. The molecule has 0 radical (unpaired) electrons. The summed E-state index contributed by atoms with van der Waals surface area (Å²) in [6.45, 7) is 12.7. The zero-order valence-corrected chi connectivity index (χ0v) is 20.8. The molecule has 180 valence electrons. The minimum atomic E-state index is -0.710. The number of unbranched alkanes of at least 4 members (excludes halogenated alkanes) is 1. The third-order valence-electron chi connectivity index (χ3n) is 8.54. The Bertz CT molecular complexity index is 753. The van der Waals surface area contributed by atoms with E-state index < -0.39 is 17.8 Å². The van der Waals surface area contributed by atoms with Gasteiger partial charge in [-0.2, -0.15) is 0 Å². The van der Waals surface area contributed by atoms with Crippen molar-refractivity contribution in [3.63, 3.8) is 0 Å². The van der Waals surface area contributed by atoms with Gasteiger partial charge in [0.05, 0.1) is 17.8 Å². The van der Waals surface area contributed by atoms with E-state index in [0.29, 0.717) is 24.2 Å². The summed E-state index contributed by atoms with van der Waals surface area (Å²) in [5.74, 6) is 2.15. The van der Waals surface area contributed by atoms with Crippen molar-refractivity contribution in [3.8, 4) is 0 Å². The van der Waals surface area contributed by atoms with Crippen LogP contribution in [0.3, 0.4) is 0 Å². The first kappa shape index (κ1) is 25.5. The summed E-state index contributed by atoms with van der Waals surface area (Å²) in [7, 11) is 0. The second-order valence-electron chi connectivity index (χ2n) is 11.6. The SMILES string of the molecule is C=C1/C(=C\C=C2/CCC[C@]3(C)[C@@H]([C@@H](C)CCC/C=C/C(C)(C)O)CC[C@@H]23)C[C@@H](O)C[C@@H]1O. The molecule has 0 saturated heterocycles. The van der Waals surface area contributed by atoms with Crippen LogP contribution in [0.25, 0.3) is 0 Å². The van der Waals surface area contributed by atoms with Crippen molar-refractivity contribution < 1.29 is 15.3 Å². The van der Waals surface area contributed by atoms with Gasteiger partial charge in [-0.1, -0.05) is 56.7 Å². The second kappa shape index (κ2) is 10.4. The summed E-state index contributed by atoms with van der Waals surface area (Å²) in [6.07, 6.45) is 18.2. The van der Waals surface area contributed by atoms with Crippen LogP contribution in [0.5, 0.6) is 0 Å². The molecule has 0 spiro atoms. The molecule has 3 aliphatic carbocycles. The first-order valence-electron chi connectivity index (χ1n) is 12.9. The predicted molar refractivity (Wildman–Crippen MR) is 133 cm³/mol. The minimum absolute atomic E-state index is 0.382. The van der Waals surface area contributed by atoms with Crippen LogP contribution < -0.4 is 0 Å². The Balaban J connectivity index is 1.64. The molecular formula is C29H46O3. The average Bonchev–Trinajstić information content (AvgIpc) is 3.06. The van der Waals surface area contributed by atoms with E-state index >= 15 is 0 Å². The van der Waals surface area contributed by atoms with E-state index in [1.165, 1.54) is 44.9 Å². The van der Waals surface area contributed by atoms with Crippen LogP contribution in [-0.2, 0) is 0 Å². The summed E-state index contributed by atoms with van der Waals surface area (Å²) in [5, 5.41) is 30.0. The molecule has 0 bridgehead atoms. The number of hydrogen-bond acceptors (Lipinski definition) is 3. The molecule has 0 aromatic heterocycles. The molecule has 3 rings (SSSR count). The Morgan fingerprint density at radius 3 is 2.69 bits per heavy atom. The molecule has 0 heterocycles. The van der Waals surface area contributed by atoms with Crippen molar-refractivity contribution in [2.24, 2.45) is 23.2 Å². The number of allylic oxidation sites excluding steroid dienone is 4. The highest BCUT2D eigenvalue weighted by molar-refractivity contribution is 5.38. The van der Waals surface area contributed by atoms with Crippen LogP contribution in [0.4, 0.5) is 0 Å². The average molecular weight is 443 g/mol. The fraction of sp³-hybridized carbons (Fsp3) is 0.724. The molecule has 3 nitrogen and oxygen atoms in total. The lowest BCUT2D eigenvalue weighted by Gasteiger charge is -2.44. The van der Waals surface area contributed by atoms with Crippen LogP contribution in [0.15, 0.2) is 47.6 Å². The van der Waals surface area contributed by atoms with Crippen LogP contribution in [0.1, 0.15) is 91.9 Å². The van der Waals surface area contributed by atoms with Crippen LogP contribution in [0.2, 0.25) is 0 Å². The standard InChI is InChI=1S/C29H46O3/c1-20(10-7-6-8-16-28(3,4)32)25-14-15-26-22(11-9-17-29(25,26)5)12-13-23-18-24(30)19-27(31)21(23)2/h8,12-13,16,20,24-27,30-32H,2,6-7,9-11,14-15,17-19H2,1,3-5H3/b16-8+,22-12+,23-13-/t20-,24+,25+,26-,27-,29+/m0/s1. The van der Waals surface area contributed by atoms with Gasteiger partial charge in [0.25, 0.3) is 0 Å². The topological polar surface area (TPSA) is 60.7 Å². The maximum Gasteiger partial charge on any atom is 0.0811 e. The molecule has 3 N–H and O–H groups in total. The van der Waals surface area contributed by atoms with Gasteiger partial charge in [0.1, 0.15) is 0 Å². The van der Waals surface area contributed by atoms with E-state index in [2.05, 4.69) is 38.7 Å². The summed E-state index contributed by atoms with van der Waals surface area (Å²) < 4.78 is 0. The van der Waals surface area contributed by atoms with Gasteiger partial charge >= 0.3 is 0 Å². The number of rotatable bonds is 7. The molecule has 32 heavy (non-hydrogen) atoms. The van der Waals surface area contributed by atoms with Gasteiger partial charge in [-0.25, -0.2) is 0 Å². The van der Waals surface area contributed by atoms with Crippen LogP contribution in [0, 0.1) is 23.2 Å². The van der Waals surface area contributed by atoms with Gasteiger partial charge in [-0.3, -0.25) is 0 Å². The Hall–Kier alpha value is -1.16. The largest absolute Gasteiger partial charge is 0.393 e. The summed E-state index contributed by atoms with van der Waals surface area (Å²) in [6, 6.07) is 0. The van der Waals surface area contributed by atoms with E-state index in [4.69, 9.17) is 0 Å². The Morgan fingerprint density at radius 1 is 1.22 bits per heavy atom. The van der Waals surface area contributed by atoms with Crippen molar-refractivity contribution in [1.82, 2.24) is 0 Å². The molecule has 3 heteroatoms. The molecule has 3 saturated carbocycles. The fourth-order valence-electron chi connectivity index (χ4n) is 6.81. The zero-order valence-electron chi connectivity index (χ0n) is 20.8. The molecule has 0 aromatic rings. The highest BCUT2D eigenvalue weighted by Crippen LogP contribution is 2.59. The lowest BCUT2D eigenvalue weighted by atomic mass is 9.60. The van der Waals surface area contributed by atoms with Gasteiger partial charge in [-0.05, 0) is 99.5 Å². The minimum Gasteiger partial charge on any atom is -0.393 e. The summed E-state index contributed by atoms with van der Waals surface area (Å²) in [5.41, 5.74) is 3.03. The van der Waals surface area contributed by atoms with Crippen molar-refractivity contribution in [2.75, 3.05) is 0 Å². The van der Waals surface area contributed by atoms with E-state index in [0.717, 1.165) is 29.4 Å². The second-order valence-corrected chi connectivity index (χ2v) is 11.6. The maximum absolute atomic E-state index is 10.1. The maximum atomic E-state index is 10.1. The third kappa shape index (κ3) is 6.04. The first-order valence-corrected chi connectivity index (χ1v) is 12.9. The highest BCUT2D eigenvalue weighted by atomic mass is 16.3. The van der Waals surface area contributed by atoms with Crippen molar-refractivity contribution in [3.05, 3.63) is 47.6 Å².